The molecule has 1 aromatic carbocycles. The second-order valence-electron chi connectivity index (χ2n) is 5.73. The van der Waals surface area contributed by atoms with Crippen LogP contribution in [0.4, 0.5) is 0 Å². The Bertz CT molecular complexity index is 466. The molecule has 0 atom stereocenters. The predicted molar refractivity (Wildman–Crippen MR) is 114 cm³/mol. The Hall–Kier alpha value is -1.02. The normalized spacial score (nSPS) is 11.1. The maximum Gasteiger partial charge on any atom is 0.191 e. The fraction of sp³-hybridized carbons (Fsp3) is 0.611. The highest BCUT2D eigenvalue weighted by atomic mass is 127. The molecule has 2 N–H and O–H groups in total. The van der Waals surface area contributed by atoms with Gasteiger partial charge < -0.3 is 20.3 Å². The minimum atomic E-state index is 0. The number of rotatable bonds is 10. The highest BCUT2D eigenvalue weighted by Gasteiger charge is 2.04. The molecule has 0 saturated carbocycles. The SMILES string of the molecule is CCCCNC(=NCc1ccccc1OCCN(C)C)NCC.I. The molecule has 0 unspecified atom stereocenters. The minimum Gasteiger partial charge on any atom is -0.492 e. The number of aliphatic imine (C=N–C) groups is 1. The van der Waals surface area contributed by atoms with Crippen LogP contribution < -0.4 is 15.4 Å². The third kappa shape index (κ3) is 9.97. The van der Waals surface area contributed by atoms with Crippen LogP contribution in [0.2, 0.25) is 0 Å². The van der Waals surface area contributed by atoms with Crippen LogP contribution >= 0.6 is 24.0 Å². The Balaban J connectivity index is 0.00000529. The molecule has 0 saturated heterocycles. The zero-order valence-electron chi connectivity index (χ0n) is 15.5. The predicted octanol–water partition coefficient (Wildman–Crippen LogP) is 3.10. The molecule has 0 aromatic heterocycles. The highest BCUT2D eigenvalue weighted by Crippen LogP contribution is 2.18. The third-order valence-corrected chi connectivity index (χ3v) is 3.34. The Kier molecular flexibility index (Phi) is 13.7. The zero-order valence-corrected chi connectivity index (χ0v) is 17.8. The lowest BCUT2D eigenvalue weighted by atomic mass is 10.2. The van der Waals surface area contributed by atoms with E-state index in [-0.39, 0.29) is 24.0 Å². The minimum absolute atomic E-state index is 0. The van der Waals surface area contributed by atoms with Crippen LogP contribution in [0, 0.1) is 0 Å². The van der Waals surface area contributed by atoms with Crippen LogP contribution in [0.15, 0.2) is 29.3 Å². The summed E-state index contributed by atoms with van der Waals surface area (Å²) in [6.07, 6.45) is 2.32. The molecule has 0 amide bonds. The molecule has 5 nitrogen and oxygen atoms in total. The lowest BCUT2D eigenvalue weighted by molar-refractivity contribution is 0.259. The summed E-state index contributed by atoms with van der Waals surface area (Å²) >= 11 is 0. The summed E-state index contributed by atoms with van der Waals surface area (Å²) in [6, 6.07) is 8.12. The van der Waals surface area contributed by atoms with Gasteiger partial charge in [0.05, 0.1) is 6.54 Å². The standard InChI is InChI=1S/C18H32N4O.HI/c1-5-7-12-20-18(19-6-2)21-15-16-10-8-9-11-17(16)23-14-13-22(3)4;/h8-11H,5-7,12-15H2,1-4H3,(H2,19,20,21);1H. The topological polar surface area (TPSA) is 48.9 Å². The second kappa shape index (κ2) is 14.3. The van der Waals surface area contributed by atoms with Gasteiger partial charge in [0.1, 0.15) is 12.4 Å². The number of nitrogens with one attached hydrogen (secondary N) is 2. The fourth-order valence-corrected chi connectivity index (χ4v) is 2.00. The first-order valence-electron chi connectivity index (χ1n) is 8.55. The molecule has 1 aromatic rings. The molecular weight excluding hydrogens is 415 g/mol. The number of hydrogen-bond acceptors (Lipinski definition) is 3. The number of halogens is 1. The first-order chi connectivity index (χ1) is 11.2. The van der Waals surface area contributed by atoms with E-state index in [0.717, 1.165) is 43.3 Å². The molecule has 24 heavy (non-hydrogen) atoms. The largest absolute Gasteiger partial charge is 0.492 e. The summed E-state index contributed by atoms with van der Waals surface area (Å²) < 4.78 is 5.89. The molecule has 0 fully saturated rings. The van der Waals surface area contributed by atoms with E-state index in [9.17, 15) is 0 Å². The summed E-state index contributed by atoms with van der Waals surface area (Å²) in [6.45, 7) is 8.27. The van der Waals surface area contributed by atoms with Crippen molar-refractivity contribution in [3.63, 3.8) is 0 Å². The van der Waals surface area contributed by atoms with Gasteiger partial charge in [-0.15, -0.1) is 24.0 Å². The van der Waals surface area contributed by atoms with Crippen LogP contribution in [-0.4, -0.2) is 51.2 Å². The van der Waals surface area contributed by atoms with E-state index in [1.54, 1.807) is 0 Å². The van der Waals surface area contributed by atoms with Crippen LogP contribution in [0.5, 0.6) is 5.75 Å². The summed E-state index contributed by atoms with van der Waals surface area (Å²) in [5.41, 5.74) is 1.11. The van der Waals surface area contributed by atoms with Gasteiger partial charge >= 0.3 is 0 Å². The number of para-hydroxylation sites is 1. The van der Waals surface area contributed by atoms with Gasteiger partial charge in [0.15, 0.2) is 5.96 Å². The molecule has 0 aliphatic rings. The Labute approximate surface area is 164 Å². The van der Waals surface area contributed by atoms with Crippen molar-refractivity contribution in [3.05, 3.63) is 29.8 Å². The van der Waals surface area contributed by atoms with Gasteiger partial charge in [-0.2, -0.15) is 0 Å². The quantitative estimate of drug-likeness (QED) is 0.250. The number of nitrogens with zero attached hydrogens (tertiary/aromatic N) is 2. The molecule has 138 valence electrons. The van der Waals surface area contributed by atoms with Crippen molar-refractivity contribution in [3.8, 4) is 5.75 Å². The second-order valence-corrected chi connectivity index (χ2v) is 5.73. The summed E-state index contributed by atoms with van der Waals surface area (Å²) in [7, 11) is 4.09. The van der Waals surface area contributed by atoms with Crippen molar-refractivity contribution >= 4 is 29.9 Å². The van der Waals surface area contributed by atoms with E-state index >= 15 is 0 Å². The Morgan fingerprint density at radius 1 is 1.17 bits per heavy atom. The van der Waals surface area contributed by atoms with Crippen LogP contribution in [0.3, 0.4) is 0 Å². The maximum absolute atomic E-state index is 5.89. The average Bonchev–Trinajstić information content (AvgIpc) is 2.53. The summed E-state index contributed by atoms with van der Waals surface area (Å²) in [4.78, 5) is 6.78. The van der Waals surface area contributed by atoms with E-state index in [0.29, 0.717) is 13.2 Å². The van der Waals surface area contributed by atoms with E-state index in [1.165, 1.54) is 6.42 Å². The molecule has 1 rings (SSSR count). The summed E-state index contributed by atoms with van der Waals surface area (Å²) in [5, 5.41) is 6.64. The Morgan fingerprint density at radius 3 is 2.58 bits per heavy atom. The monoisotopic (exact) mass is 448 g/mol. The molecule has 0 aliphatic carbocycles. The number of guanidine groups is 1. The molecule has 0 radical (unpaired) electrons. The van der Waals surface area contributed by atoms with Crippen LogP contribution in [0.25, 0.3) is 0 Å². The van der Waals surface area contributed by atoms with Crippen LogP contribution in [0.1, 0.15) is 32.3 Å². The molecule has 0 aliphatic heterocycles. The van der Waals surface area contributed by atoms with Gasteiger partial charge in [-0.25, -0.2) is 4.99 Å². The van der Waals surface area contributed by atoms with E-state index in [4.69, 9.17) is 4.74 Å². The lowest BCUT2D eigenvalue weighted by Crippen LogP contribution is -2.37. The van der Waals surface area contributed by atoms with Crippen molar-refractivity contribution in [2.75, 3.05) is 40.3 Å². The average molecular weight is 448 g/mol. The fourth-order valence-electron chi connectivity index (χ4n) is 2.00. The van der Waals surface area contributed by atoms with Crippen molar-refractivity contribution < 1.29 is 4.74 Å². The van der Waals surface area contributed by atoms with Gasteiger partial charge in [0.25, 0.3) is 0 Å². The summed E-state index contributed by atoms with van der Waals surface area (Å²) in [5.74, 6) is 1.78. The van der Waals surface area contributed by atoms with Gasteiger partial charge in [-0.1, -0.05) is 31.5 Å². The van der Waals surface area contributed by atoms with Gasteiger partial charge in [-0.3, -0.25) is 0 Å². The van der Waals surface area contributed by atoms with Gasteiger partial charge in [-0.05, 0) is 33.5 Å². The Morgan fingerprint density at radius 2 is 1.92 bits per heavy atom. The smallest absolute Gasteiger partial charge is 0.191 e. The van der Waals surface area contributed by atoms with Crippen molar-refractivity contribution in [1.82, 2.24) is 15.5 Å². The van der Waals surface area contributed by atoms with E-state index < -0.39 is 0 Å². The van der Waals surface area contributed by atoms with Crippen molar-refractivity contribution in [2.24, 2.45) is 4.99 Å². The first kappa shape index (κ1) is 23.0. The molecule has 0 heterocycles. The zero-order chi connectivity index (χ0) is 16.9. The number of unbranched alkanes of at least 4 members (excludes halogenated alkanes) is 1. The van der Waals surface area contributed by atoms with E-state index in [2.05, 4.69) is 40.4 Å². The molecule has 0 bridgehead atoms. The molecular formula is C18H33IN4O. The molecule has 6 heteroatoms. The number of likely N-dealkylation sites (N-methyl/N-ethyl adjacent to an activating group) is 1. The number of hydrogen-bond donors (Lipinski definition) is 2. The van der Waals surface area contributed by atoms with Gasteiger partial charge in [0.2, 0.25) is 0 Å². The maximum atomic E-state index is 5.89. The lowest BCUT2D eigenvalue weighted by Gasteiger charge is -2.14. The number of ether oxygens (including phenoxy) is 1. The van der Waals surface area contributed by atoms with Crippen LogP contribution in [-0.2, 0) is 6.54 Å². The number of benzene rings is 1. The molecule has 0 spiro atoms. The first-order valence-corrected chi connectivity index (χ1v) is 8.55. The third-order valence-electron chi connectivity index (χ3n) is 3.34. The van der Waals surface area contributed by atoms with E-state index in [1.807, 2.05) is 32.3 Å². The highest BCUT2D eigenvalue weighted by molar-refractivity contribution is 14.0. The van der Waals surface area contributed by atoms with Crippen molar-refractivity contribution in [1.29, 1.82) is 0 Å². The van der Waals surface area contributed by atoms with Gasteiger partial charge in [0, 0.05) is 25.2 Å². The van der Waals surface area contributed by atoms with Crippen molar-refractivity contribution in [2.45, 2.75) is 33.2 Å².